The smallest absolute Gasteiger partial charge is 0.223 e. The van der Waals surface area contributed by atoms with Gasteiger partial charge in [-0.15, -0.1) is 0 Å². The van der Waals surface area contributed by atoms with E-state index in [1.165, 1.54) is 6.07 Å². The van der Waals surface area contributed by atoms with E-state index in [0.717, 1.165) is 55.4 Å². The molecule has 8 nitrogen and oxygen atoms in total. The van der Waals surface area contributed by atoms with Gasteiger partial charge >= 0.3 is 0 Å². The average molecular weight is 424 g/mol. The molecule has 1 amide bonds. The van der Waals surface area contributed by atoms with Crippen molar-refractivity contribution in [1.29, 1.82) is 0 Å². The summed E-state index contributed by atoms with van der Waals surface area (Å²) in [6, 6.07) is 3.49. The maximum Gasteiger partial charge on any atom is 0.223 e. The number of hydrogen-bond donors (Lipinski definition) is 3. The van der Waals surface area contributed by atoms with Crippen LogP contribution in [0.2, 0.25) is 0 Å². The molecule has 1 saturated carbocycles. The van der Waals surface area contributed by atoms with Gasteiger partial charge in [-0.1, -0.05) is 0 Å². The number of fused-ring (bicyclic) bond motifs is 1. The highest BCUT2D eigenvalue weighted by atomic mass is 19.1. The van der Waals surface area contributed by atoms with Crippen LogP contribution in [0.3, 0.4) is 0 Å². The van der Waals surface area contributed by atoms with E-state index in [0.29, 0.717) is 11.3 Å². The number of aromatic nitrogens is 4. The summed E-state index contributed by atoms with van der Waals surface area (Å²) in [6.07, 6.45) is 6.29. The Labute approximate surface area is 178 Å². The number of nitrogens with zero attached hydrogens (tertiary/aromatic N) is 4. The number of rotatable bonds is 5. The van der Waals surface area contributed by atoms with Gasteiger partial charge in [0, 0.05) is 31.7 Å². The van der Waals surface area contributed by atoms with Crippen molar-refractivity contribution in [1.82, 2.24) is 25.3 Å². The monoisotopic (exact) mass is 424 g/mol. The molecule has 2 atom stereocenters. The summed E-state index contributed by atoms with van der Waals surface area (Å²) in [7, 11) is 0. The van der Waals surface area contributed by atoms with E-state index < -0.39 is 11.9 Å². The van der Waals surface area contributed by atoms with Crippen LogP contribution in [0, 0.1) is 24.1 Å². The molecule has 3 N–H and O–H groups in total. The SMILES string of the molecule is Cc1cc(C(O)CNC(=O)[C@H]2CCN(c3ncnc4[nH]ccc34)CC23CC3)ncc1F. The molecule has 3 aromatic rings. The molecule has 4 heterocycles. The summed E-state index contributed by atoms with van der Waals surface area (Å²) >= 11 is 0. The minimum Gasteiger partial charge on any atom is -0.385 e. The maximum atomic E-state index is 13.4. The number of halogens is 1. The summed E-state index contributed by atoms with van der Waals surface area (Å²) in [6.45, 7) is 3.19. The highest BCUT2D eigenvalue weighted by Crippen LogP contribution is 2.56. The number of nitrogens with one attached hydrogen (secondary N) is 2. The Hall–Kier alpha value is -3.07. The quantitative estimate of drug-likeness (QED) is 0.580. The number of pyridine rings is 1. The lowest BCUT2D eigenvalue weighted by atomic mass is 9.81. The molecule has 1 aliphatic carbocycles. The highest BCUT2D eigenvalue weighted by Gasteiger charge is 2.55. The Balaban J connectivity index is 1.24. The second kappa shape index (κ2) is 7.56. The van der Waals surface area contributed by atoms with Gasteiger partial charge in [0.1, 0.15) is 29.7 Å². The van der Waals surface area contributed by atoms with E-state index in [-0.39, 0.29) is 23.8 Å². The number of aromatic amines is 1. The molecule has 5 rings (SSSR count). The molecule has 0 bridgehead atoms. The van der Waals surface area contributed by atoms with Crippen molar-refractivity contribution in [3.8, 4) is 0 Å². The van der Waals surface area contributed by atoms with E-state index in [2.05, 4.69) is 30.2 Å². The summed E-state index contributed by atoms with van der Waals surface area (Å²) in [4.78, 5) is 31.0. The van der Waals surface area contributed by atoms with Crippen LogP contribution in [0.5, 0.6) is 0 Å². The van der Waals surface area contributed by atoms with Gasteiger partial charge in [-0.05, 0) is 49.3 Å². The fourth-order valence-corrected chi connectivity index (χ4v) is 4.70. The molecule has 3 aromatic heterocycles. The zero-order valence-corrected chi connectivity index (χ0v) is 17.3. The Bertz CT molecular complexity index is 1130. The van der Waals surface area contributed by atoms with Crippen LogP contribution in [-0.4, -0.2) is 50.6 Å². The second-order valence-electron chi connectivity index (χ2n) is 8.68. The molecule has 1 unspecified atom stereocenters. The first kappa shape index (κ1) is 19.9. The number of aliphatic hydroxyl groups is 1. The standard InChI is InChI=1S/C22H25FN6O2/c1-13-8-17(25-9-16(13)23)18(30)10-26-21(31)15-3-7-29(11-22(15)4-5-22)20-14-2-6-24-19(14)27-12-28-20/h2,6,8-9,12,15,18,30H,3-5,7,10-11H2,1H3,(H,26,31)(H,24,27,28)/t15-,18?/m1/s1. The van der Waals surface area contributed by atoms with Gasteiger partial charge in [-0.2, -0.15) is 0 Å². The minimum absolute atomic E-state index is 0.0375. The largest absolute Gasteiger partial charge is 0.385 e. The first-order valence-corrected chi connectivity index (χ1v) is 10.6. The van der Waals surface area contributed by atoms with Gasteiger partial charge in [0.2, 0.25) is 5.91 Å². The number of anilines is 1. The first-order valence-electron chi connectivity index (χ1n) is 10.6. The van der Waals surface area contributed by atoms with E-state index >= 15 is 0 Å². The number of amides is 1. The highest BCUT2D eigenvalue weighted by molar-refractivity contribution is 5.87. The van der Waals surface area contributed by atoms with E-state index in [1.807, 2.05) is 12.3 Å². The summed E-state index contributed by atoms with van der Waals surface area (Å²) in [5, 5.41) is 14.3. The van der Waals surface area contributed by atoms with Crippen LogP contribution < -0.4 is 10.2 Å². The summed E-state index contributed by atoms with van der Waals surface area (Å²) in [5.74, 6) is 0.361. The fraction of sp³-hybridized carbons (Fsp3) is 0.455. The molecule has 2 aliphatic rings. The third-order valence-corrected chi connectivity index (χ3v) is 6.65. The van der Waals surface area contributed by atoms with Gasteiger partial charge in [-0.3, -0.25) is 9.78 Å². The number of carbonyl (C=O) groups excluding carboxylic acids is 1. The van der Waals surface area contributed by atoms with Gasteiger partial charge in [0.25, 0.3) is 0 Å². The topological polar surface area (TPSA) is 107 Å². The van der Waals surface area contributed by atoms with Crippen LogP contribution in [0.1, 0.15) is 36.6 Å². The van der Waals surface area contributed by atoms with E-state index in [9.17, 15) is 14.3 Å². The van der Waals surface area contributed by atoms with Gasteiger partial charge < -0.3 is 20.3 Å². The lowest BCUT2D eigenvalue weighted by Crippen LogP contribution is -2.48. The Morgan fingerprint density at radius 1 is 1.42 bits per heavy atom. The third-order valence-electron chi connectivity index (χ3n) is 6.65. The molecule has 1 spiro atoms. The Kier molecular flexibility index (Phi) is 4.85. The van der Waals surface area contributed by atoms with Crippen molar-refractivity contribution in [3.05, 3.63) is 47.9 Å². The van der Waals surface area contributed by atoms with Crippen LogP contribution in [0.15, 0.2) is 30.9 Å². The normalized spacial score (nSPS) is 20.7. The molecule has 2 fully saturated rings. The predicted octanol–water partition coefficient (Wildman–Crippen LogP) is 2.26. The molecule has 0 aromatic carbocycles. The number of hydrogen-bond acceptors (Lipinski definition) is 6. The van der Waals surface area contributed by atoms with Crippen LogP contribution in [-0.2, 0) is 4.79 Å². The lowest BCUT2D eigenvalue weighted by molar-refractivity contribution is -0.128. The van der Waals surface area contributed by atoms with Crippen molar-refractivity contribution < 1.29 is 14.3 Å². The molecular formula is C22H25FN6O2. The molecule has 1 saturated heterocycles. The van der Waals surface area contributed by atoms with E-state index in [4.69, 9.17) is 0 Å². The zero-order valence-electron chi connectivity index (χ0n) is 17.3. The van der Waals surface area contributed by atoms with Crippen molar-refractivity contribution in [2.45, 2.75) is 32.3 Å². The second-order valence-corrected chi connectivity index (χ2v) is 8.68. The van der Waals surface area contributed by atoms with Crippen molar-refractivity contribution in [2.75, 3.05) is 24.5 Å². The lowest BCUT2D eigenvalue weighted by Gasteiger charge is -2.39. The Morgan fingerprint density at radius 3 is 3.03 bits per heavy atom. The van der Waals surface area contributed by atoms with Crippen LogP contribution in [0.4, 0.5) is 10.2 Å². The van der Waals surface area contributed by atoms with Gasteiger partial charge in [-0.25, -0.2) is 14.4 Å². The van der Waals surface area contributed by atoms with Crippen molar-refractivity contribution in [2.24, 2.45) is 11.3 Å². The fourth-order valence-electron chi connectivity index (χ4n) is 4.70. The third kappa shape index (κ3) is 3.63. The molecule has 162 valence electrons. The molecule has 31 heavy (non-hydrogen) atoms. The average Bonchev–Trinajstić information content (AvgIpc) is 3.34. The Morgan fingerprint density at radius 2 is 2.26 bits per heavy atom. The maximum absolute atomic E-state index is 13.4. The molecule has 9 heteroatoms. The summed E-state index contributed by atoms with van der Waals surface area (Å²) in [5.41, 5.74) is 1.54. The zero-order chi connectivity index (χ0) is 21.6. The number of piperidine rings is 1. The minimum atomic E-state index is -0.971. The van der Waals surface area contributed by atoms with Crippen LogP contribution in [0.25, 0.3) is 11.0 Å². The van der Waals surface area contributed by atoms with Crippen molar-refractivity contribution >= 4 is 22.8 Å². The number of H-pyrrole nitrogens is 1. The molecular weight excluding hydrogens is 399 g/mol. The molecule has 0 radical (unpaired) electrons. The number of aryl methyl sites for hydroxylation is 1. The van der Waals surface area contributed by atoms with Crippen LogP contribution >= 0.6 is 0 Å². The number of aliphatic hydroxyl groups excluding tert-OH is 1. The predicted molar refractivity (Wildman–Crippen MR) is 113 cm³/mol. The first-order chi connectivity index (χ1) is 15.0. The molecule has 1 aliphatic heterocycles. The van der Waals surface area contributed by atoms with Gasteiger partial charge in [0.15, 0.2) is 0 Å². The summed E-state index contributed by atoms with van der Waals surface area (Å²) < 4.78 is 13.4. The van der Waals surface area contributed by atoms with E-state index in [1.54, 1.807) is 13.3 Å². The van der Waals surface area contributed by atoms with Gasteiger partial charge in [0.05, 0.1) is 17.3 Å². The number of carbonyl (C=O) groups is 1. The van der Waals surface area contributed by atoms with Crippen molar-refractivity contribution in [3.63, 3.8) is 0 Å².